The smallest absolute Gasteiger partial charge is 0.410 e. The molecule has 1 heterocycles. The maximum Gasteiger partial charge on any atom is 0.410 e. The lowest BCUT2D eigenvalue weighted by Crippen LogP contribution is -2.52. The minimum Gasteiger partial charge on any atom is -0.448 e. The number of cyclic esters (lactones) is 1. The Bertz CT molecular complexity index is 683. The maximum atomic E-state index is 12.4. The Morgan fingerprint density at radius 3 is 2.50 bits per heavy atom. The number of ether oxygens (including phenoxy) is 1. The highest BCUT2D eigenvalue weighted by molar-refractivity contribution is 7.89. The number of rotatable bonds is 5. The first-order valence-electron chi connectivity index (χ1n) is 7.15. The number of benzene rings is 1. The van der Waals surface area contributed by atoms with Crippen LogP contribution in [0.5, 0.6) is 0 Å². The third-order valence-electron chi connectivity index (χ3n) is 3.97. The Labute approximate surface area is 131 Å². The summed E-state index contributed by atoms with van der Waals surface area (Å²) in [4.78, 5) is 13.4. The maximum absolute atomic E-state index is 12.4. The van der Waals surface area contributed by atoms with Crippen LogP contribution < -0.4 is 4.72 Å². The number of nitrogens with one attached hydrogen (secondary N) is 1. The van der Waals surface area contributed by atoms with E-state index >= 15 is 0 Å². The van der Waals surface area contributed by atoms with Crippen molar-refractivity contribution in [3.8, 4) is 0 Å². The average Bonchev–Trinajstić information content (AvgIpc) is 2.87. The van der Waals surface area contributed by atoms with E-state index in [0.29, 0.717) is 13.2 Å². The van der Waals surface area contributed by atoms with Crippen molar-refractivity contribution in [2.75, 3.05) is 19.7 Å². The Kier molecular flexibility index (Phi) is 4.49. The molecule has 1 saturated heterocycles. The lowest BCUT2D eigenvalue weighted by atomic mass is 10.0. The topological polar surface area (TPSA) is 75.7 Å². The van der Waals surface area contributed by atoms with Gasteiger partial charge in [-0.2, -0.15) is 0 Å². The number of carbonyl (C=O) groups is 1. The molecule has 0 spiro atoms. The number of carbonyl (C=O) groups excluding carboxylic acids is 1. The molecule has 7 heteroatoms. The monoisotopic (exact) mass is 326 g/mol. The van der Waals surface area contributed by atoms with Crippen LogP contribution in [0.2, 0.25) is 0 Å². The molecule has 1 amide bonds. The zero-order chi connectivity index (χ0) is 16.5. The molecule has 0 atom stereocenters. The van der Waals surface area contributed by atoms with E-state index < -0.39 is 21.7 Å². The van der Waals surface area contributed by atoms with E-state index in [1.54, 1.807) is 18.2 Å². The van der Waals surface area contributed by atoms with Gasteiger partial charge in [-0.3, -0.25) is 4.90 Å². The summed E-state index contributed by atoms with van der Waals surface area (Å²) in [7, 11) is -3.61. The van der Waals surface area contributed by atoms with Crippen LogP contribution in [0.3, 0.4) is 0 Å². The highest BCUT2D eigenvalue weighted by atomic mass is 32.2. The average molecular weight is 326 g/mol. The van der Waals surface area contributed by atoms with Gasteiger partial charge in [-0.15, -0.1) is 0 Å². The van der Waals surface area contributed by atoms with E-state index in [0.717, 1.165) is 11.1 Å². The summed E-state index contributed by atoms with van der Waals surface area (Å²) >= 11 is 0. The van der Waals surface area contributed by atoms with Crippen LogP contribution in [0.1, 0.15) is 25.0 Å². The van der Waals surface area contributed by atoms with Gasteiger partial charge < -0.3 is 4.74 Å². The molecule has 1 N–H and O–H groups in total. The first kappa shape index (κ1) is 16.8. The van der Waals surface area contributed by atoms with Crippen molar-refractivity contribution >= 4 is 16.1 Å². The van der Waals surface area contributed by atoms with Crippen LogP contribution in [0.25, 0.3) is 0 Å². The molecule has 22 heavy (non-hydrogen) atoms. The fourth-order valence-electron chi connectivity index (χ4n) is 2.27. The summed E-state index contributed by atoms with van der Waals surface area (Å²) < 4.78 is 32.3. The summed E-state index contributed by atoms with van der Waals surface area (Å²) in [5.41, 5.74) is 1.31. The van der Waals surface area contributed by atoms with E-state index in [9.17, 15) is 13.2 Å². The van der Waals surface area contributed by atoms with Crippen molar-refractivity contribution in [1.82, 2.24) is 9.62 Å². The van der Waals surface area contributed by atoms with Gasteiger partial charge in [0.15, 0.2) is 0 Å². The van der Waals surface area contributed by atoms with Crippen LogP contribution in [0.4, 0.5) is 4.79 Å². The third-order valence-corrected chi connectivity index (χ3v) is 5.37. The van der Waals surface area contributed by atoms with Gasteiger partial charge in [0.05, 0.1) is 17.0 Å². The standard InChI is InChI=1S/C15H22N2O4S/c1-11-5-6-13(9-12(11)2)22(19,20)16-10-15(3,4)17-7-8-21-14(17)18/h5-6,9,16H,7-8,10H2,1-4H3. The fourth-order valence-corrected chi connectivity index (χ4v) is 3.56. The minimum absolute atomic E-state index is 0.122. The van der Waals surface area contributed by atoms with Gasteiger partial charge in [-0.05, 0) is 51.0 Å². The third kappa shape index (κ3) is 3.41. The Morgan fingerprint density at radius 2 is 1.95 bits per heavy atom. The second-order valence-corrected chi connectivity index (χ2v) is 7.92. The molecule has 1 aliphatic heterocycles. The molecule has 1 aliphatic rings. The Hall–Kier alpha value is -1.60. The molecule has 0 unspecified atom stereocenters. The van der Waals surface area contributed by atoms with Crippen LogP contribution in [-0.2, 0) is 14.8 Å². The highest BCUT2D eigenvalue weighted by Crippen LogP contribution is 2.20. The van der Waals surface area contributed by atoms with Gasteiger partial charge in [0, 0.05) is 6.54 Å². The second kappa shape index (κ2) is 5.89. The quantitative estimate of drug-likeness (QED) is 0.895. The summed E-state index contributed by atoms with van der Waals surface area (Å²) in [6.07, 6.45) is -0.407. The molecule has 0 radical (unpaired) electrons. The second-order valence-electron chi connectivity index (χ2n) is 6.15. The molecule has 122 valence electrons. The minimum atomic E-state index is -3.61. The normalized spacial score (nSPS) is 16.0. The van der Waals surface area contributed by atoms with Crippen molar-refractivity contribution in [3.05, 3.63) is 29.3 Å². The van der Waals surface area contributed by atoms with Gasteiger partial charge in [0.2, 0.25) is 10.0 Å². The van der Waals surface area contributed by atoms with Crippen LogP contribution >= 0.6 is 0 Å². The predicted molar refractivity (Wildman–Crippen MR) is 83.2 cm³/mol. The Balaban J connectivity index is 2.12. The van der Waals surface area contributed by atoms with E-state index in [2.05, 4.69) is 4.72 Å². The molecule has 0 bridgehead atoms. The number of amides is 1. The number of sulfonamides is 1. The lowest BCUT2D eigenvalue weighted by molar-refractivity contribution is 0.127. The molecule has 2 rings (SSSR count). The molecular formula is C15H22N2O4S. The van der Waals surface area contributed by atoms with Crippen LogP contribution in [-0.4, -0.2) is 44.6 Å². The van der Waals surface area contributed by atoms with Crippen LogP contribution in [0, 0.1) is 13.8 Å². The summed E-state index contributed by atoms with van der Waals surface area (Å²) in [5, 5.41) is 0. The SMILES string of the molecule is Cc1ccc(S(=O)(=O)NCC(C)(C)N2CCOC2=O)cc1C. The summed E-state index contributed by atoms with van der Waals surface area (Å²) in [5.74, 6) is 0. The van der Waals surface area contributed by atoms with Crippen LogP contribution in [0.15, 0.2) is 23.1 Å². The van der Waals surface area contributed by atoms with Crippen molar-refractivity contribution in [3.63, 3.8) is 0 Å². The summed E-state index contributed by atoms with van der Waals surface area (Å²) in [6.45, 7) is 8.35. The molecule has 1 fully saturated rings. The van der Waals surface area contributed by atoms with Crippen molar-refractivity contribution in [1.29, 1.82) is 0 Å². The zero-order valence-corrected chi connectivity index (χ0v) is 14.2. The van der Waals surface area contributed by atoms with Gasteiger partial charge in [0.25, 0.3) is 0 Å². The van der Waals surface area contributed by atoms with Gasteiger partial charge in [0.1, 0.15) is 6.61 Å². The largest absolute Gasteiger partial charge is 0.448 e. The first-order chi connectivity index (χ1) is 10.1. The number of aryl methyl sites for hydroxylation is 2. The molecule has 1 aromatic carbocycles. The van der Waals surface area contributed by atoms with E-state index in [4.69, 9.17) is 4.74 Å². The Morgan fingerprint density at radius 1 is 1.27 bits per heavy atom. The zero-order valence-electron chi connectivity index (χ0n) is 13.3. The van der Waals surface area contributed by atoms with Gasteiger partial charge >= 0.3 is 6.09 Å². The van der Waals surface area contributed by atoms with Crippen molar-refractivity contribution < 1.29 is 17.9 Å². The summed E-state index contributed by atoms with van der Waals surface area (Å²) in [6, 6.07) is 5.02. The highest BCUT2D eigenvalue weighted by Gasteiger charge is 2.36. The molecule has 0 aromatic heterocycles. The lowest BCUT2D eigenvalue weighted by Gasteiger charge is -2.33. The predicted octanol–water partition coefficient (Wildman–Crippen LogP) is 1.81. The molecule has 0 saturated carbocycles. The number of hydrogen-bond donors (Lipinski definition) is 1. The molecular weight excluding hydrogens is 304 g/mol. The van der Waals surface area contributed by atoms with E-state index in [-0.39, 0.29) is 11.4 Å². The van der Waals surface area contributed by atoms with E-state index in [1.165, 1.54) is 4.90 Å². The number of hydrogen-bond acceptors (Lipinski definition) is 4. The molecule has 1 aromatic rings. The first-order valence-corrected chi connectivity index (χ1v) is 8.63. The molecule has 6 nitrogen and oxygen atoms in total. The van der Waals surface area contributed by atoms with Crippen molar-refractivity contribution in [2.45, 2.75) is 38.1 Å². The van der Waals surface area contributed by atoms with Gasteiger partial charge in [-0.1, -0.05) is 6.07 Å². The van der Waals surface area contributed by atoms with E-state index in [1.807, 2.05) is 27.7 Å². The fraction of sp³-hybridized carbons (Fsp3) is 0.533. The molecule has 0 aliphatic carbocycles. The van der Waals surface area contributed by atoms with Crippen molar-refractivity contribution in [2.24, 2.45) is 0 Å². The number of nitrogens with zero attached hydrogens (tertiary/aromatic N) is 1. The van der Waals surface area contributed by atoms with Gasteiger partial charge in [-0.25, -0.2) is 17.9 Å².